The number of ether oxygens (including phenoxy) is 2. The summed E-state index contributed by atoms with van der Waals surface area (Å²) in [6, 6.07) is 0. The van der Waals surface area contributed by atoms with Crippen LogP contribution in [-0.2, 0) is 14.3 Å². The van der Waals surface area contributed by atoms with Crippen LogP contribution in [0.3, 0.4) is 0 Å². The summed E-state index contributed by atoms with van der Waals surface area (Å²) >= 11 is 0. The summed E-state index contributed by atoms with van der Waals surface area (Å²) in [7, 11) is 0. The smallest absolute Gasteiger partial charge is 0.217 e. The molecule has 0 bridgehead atoms. The van der Waals surface area contributed by atoms with Crippen molar-refractivity contribution in [1.29, 1.82) is 0 Å². The Balaban J connectivity index is 1.94. The third kappa shape index (κ3) is 8.54. The van der Waals surface area contributed by atoms with Gasteiger partial charge in [-0.1, -0.05) is 13.3 Å². The summed E-state index contributed by atoms with van der Waals surface area (Å²) in [5, 5.41) is 0. The minimum Gasteiger partial charge on any atom is -0.381 e. The number of hydrogen-bond acceptors (Lipinski definition) is 3. The zero-order chi connectivity index (χ0) is 14.6. The van der Waals surface area contributed by atoms with Crippen molar-refractivity contribution < 1.29 is 14.3 Å². The van der Waals surface area contributed by atoms with Gasteiger partial charge in [0.2, 0.25) is 5.91 Å². The molecule has 1 aliphatic carbocycles. The third-order valence-electron chi connectivity index (χ3n) is 4.03. The highest BCUT2D eigenvalue weighted by molar-refractivity contribution is 5.73. The fourth-order valence-corrected chi connectivity index (χ4v) is 2.66. The van der Waals surface area contributed by atoms with Crippen molar-refractivity contribution in [2.24, 2.45) is 17.6 Å². The number of rotatable bonds is 11. The van der Waals surface area contributed by atoms with E-state index in [4.69, 9.17) is 15.2 Å². The fourth-order valence-electron chi connectivity index (χ4n) is 2.66. The van der Waals surface area contributed by atoms with Crippen molar-refractivity contribution in [2.45, 2.75) is 58.3 Å². The molecule has 0 aromatic heterocycles. The maximum absolute atomic E-state index is 10.6. The van der Waals surface area contributed by atoms with Gasteiger partial charge in [0, 0.05) is 32.8 Å². The first kappa shape index (κ1) is 17.4. The van der Waals surface area contributed by atoms with Gasteiger partial charge in [0.05, 0.1) is 0 Å². The van der Waals surface area contributed by atoms with Crippen LogP contribution in [0.15, 0.2) is 0 Å². The second-order valence-electron chi connectivity index (χ2n) is 5.96. The molecule has 0 heterocycles. The summed E-state index contributed by atoms with van der Waals surface area (Å²) in [5.41, 5.74) is 5.09. The first-order valence-corrected chi connectivity index (χ1v) is 8.16. The van der Waals surface area contributed by atoms with Crippen LogP contribution in [0, 0.1) is 11.8 Å². The lowest BCUT2D eigenvalue weighted by atomic mass is 9.83. The maximum Gasteiger partial charge on any atom is 0.217 e. The van der Waals surface area contributed by atoms with Gasteiger partial charge in [-0.15, -0.1) is 0 Å². The molecule has 0 atom stereocenters. The molecule has 1 saturated carbocycles. The molecule has 20 heavy (non-hydrogen) atoms. The number of primary amides is 1. The van der Waals surface area contributed by atoms with E-state index < -0.39 is 0 Å². The summed E-state index contributed by atoms with van der Waals surface area (Å²) in [4.78, 5) is 10.6. The largest absolute Gasteiger partial charge is 0.381 e. The number of unbranched alkanes of at least 4 members (excludes halogenated alkanes) is 1. The van der Waals surface area contributed by atoms with Crippen LogP contribution in [0.2, 0.25) is 0 Å². The van der Waals surface area contributed by atoms with E-state index in [0.29, 0.717) is 18.9 Å². The molecular weight excluding hydrogens is 254 g/mol. The van der Waals surface area contributed by atoms with Crippen molar-refractivity contribution in [2.75, 3.05) is 26.4 Å². The van der Waals surface area contributed by atoms with Crippen LogP contribution in [0.25, 0.3) is 0 Å². The third-order valence-corrected chi connectivity index (χ3v) is 4.03. The lowest BCUT2D eigenvalue weighted by Gasteiger charge is -2.28. The Morgan fingerprint density at radius 1 is 1.00 bits per heavy atom. The predicted octanol–water partition coefficient (Wildman–Crippen LogP) is 2.89. The van der Waals surface area contributed by atoms with E-state index in [1.165, 1.54) is 38.5 Å². The number of carbonyl (C=O) groups is 1. The van der Waals surface area contributed by atoms with Crippen molar-refractivity contribution >= 4 is 5.91 Å². The highest BCUT2D eigenvalue weighted by atomic mass is 16.5. The SMILES string of the molecule is CCCCOCC1CCC(COCCCC(N)=O)CC1. The monoisotopic (exact) mass is 285 g/mol. The van der Waals surface area contributed by atoms with Crippen LogP contribution >= 0.6 is 0 Å². The molecule has 0 radical (unpaired) electrons. The summed E-state index contributed by atoms with van der Waals surface area (Å²) in [6.45, 7) is 5.54. The molecule has 4 nitrogen and oxygen atoms in total. The van der Waals surface area contributed by atoms with E-state index in [9.17, 15) is 4.79 Å². The molecule has 1 amide bonds. The van der Waals surface area contributed by atoms with Gasteiger partial charge in [-0.25, -0.2) is 0 Å². The molecule has 1 aliphatic rings. The van der Waals surface area contributed by atoms with E-state index in [2.05, 4.69) is 6.92 Å². The molecule has 0 unspecified atom stereocenters. The van der Waals surface area contributed by atoms with Gasteiger partial charge in [0.25, 0.3) is 0 Å². The summed E-state index contributed by atoms with van der Waals surface area (Å²) in [5.74, 6) is 1.20. The molecule has 0 aromatic rings. The second kappa shape index (κ2) is 11.1. The van der Waals surface area contributed by atoms with Crippen LogP contribution in [0.1, 0.15) is 58.3 Å². The highest BCUT2D eigenvalue weighted by Gasteiger charge is 2.21. The molecule has 0 saturated heterocycles. The predicted molar refractivity (Wildman–Crippen MR) is 80.4 cm³/mol. The highest BCUT2D eigenvalue weighted by Crippen LogP contribution is 2.29. The van der Waals surface area contributed by atoms with Gasteiger partial charge in [-0.05, 0) is 50.4 Å². The molecule has 4 heteroatoms. The molecule has 0 spiro atoms. The summed E-state index contributed by atoms with van der Waals surface area (Å²) < 4.78 is 11.3. The van der Waals surface area contributed by atoms with Crippen molar-refractivity contribution in [3.63, 3.8) is 0 Å². The molecule has 0 aromatic carbocycles. The minimum atomic E-state index is -0.239. The Kier molecular flexibility index (Phi) is 9.67. The van der Waals surface area contributed by atoms with Crippen LogP contribution < -0.4 is 5.73 Å². The molecular formula is C16H31NO3. The van der Waals surface area contributed by atoms with E-state index in [1.807, 2.05) is 0 Å². The minimum absolute atomic E-state index is 0.239. The van der Waals surface area contributed by atoms with E-state index >= 15 is 0 Å². The van der Waals surface area contributed by atoms with Crippen molar-refractivity contribution in [3.05, 3.63) is 0 Å². The maximum atomic E-state index is 10.6. The number of amides is 1. The Morgan fingerprint density at radius 3 is 1.95 bits per heavy atom. The van der Waals surface area contributed by atoms with Gasteiger partial charge in [-0.2, -0.15) is 0 Å². The first-order chi connectivity index (χ1) is 9.72. The topological polar surface area (TPSA) is 61.6 Å². The second-order valence-corrected chi connectivity index (χ2v) is 5.96. The van der Waals surface area contributed by atoms with Gasteiger partial charge >= 0.3 is 0 Å². The lowest BCUT2D eigenvalue weighted by molar-refractivity contribution is -0.118. The Hall–Kier alpha value is -0.610. The van der Waals surface area contributed by atoms with Gasteiger partial charge < -0.3 is 15.2 Å². The fraction of sp³-hybridized carbons (Fsp3) is 0.938. The molecule has 118 valence electrons. The Labute approximate surface area is 123 Å². The number of hydrogen-bond donors (Lipinski definition) is 1. The van der Waals surface area contributed by atoms with Crippen LogP contribution in [-0.4, -0.2) is 32.3 Å². The normalized spacial score (nSPS) is 22.9. The van der Waals surface area contributed by atoms with Gasteiger partial charge in [0.1, 0.15) is 0 Å². The molecule has 1 rings (SSSR count). The standard InChI is InChI=1S/C16H31NO3/c1-2-3-10-19-12-14-6-8-15(9-7-14)13-20-11-4-5-16(17)18/h14-15H,2-13H2,1H3,(H2,17,18). The first-order valence-electron chi connectivity index (χ1n) is 8.16. The van der Waals surface area contributed by atoms with Gasteiger partial charge in [-0.3, -0.25) is 4.79 Å². The average Bonchev–Trinajstić information content (AvgIpc) is 2.44. The van der Waals surface area contributed by atoms with Crippen LogP contribution in [0.5, 0.6) is 0 Å². The Bertz CT molecular complexity index is 250. The van der Waals surface area contributed by atoms with Crippen molar-refractivity contribution in [3.8, 4) is 0 Å². The number of carbonyl (C=O) groups excluding carboxylic acids is 1. The number of nitrogens with two attached hydrogens (primary N) is 1. The molecule has 0 aliphatic heterocycles. The van der Waals surface area contributed by atoms with Gasteiger partial charge in [0.15, 0.2) is 0 Å². The van der Waals surface area contributed by atoms with Crippen molar-refractivity contribution in [1.82, 2.24) is 0 Å². The molecule has 1 fully saturated rings. The van der Waals surface area contributed by atoms with E-state index in [-0.39, 0.29) is 5.91 Å². The molecule has 2 N–H and O–H groups in total. The van der Waals surface area contributed by atoms with Crippen LogP contribution in [0.4, 0.5) is 0 Å². The Morgan fingerprint density at radius 2 is 1.50 bits per heavy atom. The average molecular weight is 285 g/mol. The van der Waals surface area contributed by atoms with E-state index in [1.54, 1.807) is 0 Å². The zero-order valence-corrected chi connectivity index (χ0v) is 12.9. The summed E-state index contributed by atoms with van der Waals surface area (Å²) in [6.07, 6.45) is 8.59. The zero-order valence-electron chi connectivity index (χ0n) is 12.9. The lowest BCUT2D eigenvalue weighted by Crippen LogP contribution is -2.22. The quantitative estimate of drug-likeness (QED) is 0.594. The van der Waals surface area contributed by atoms with E-state index in [0.717, 1.165) is 32.2 Å².